The van der Waals surface area contributed by atoms with E-state index in [1.54, 1.807) is 18.3 Å². The van der Waals surface area contributed by atoms with Gasteiger partial charge in [0.2, 0.25) is 5.91 Å². The highest BCUT2D eigenvalue weighted by Crippen LogP contribution is 2.19. The molecule has 0 bridgehead atoms. The van der Waals surface area contributed by atoms with Crippen LogP contribution in [0.15, 0.2) is 29.1 Å². The molecule has 1 atom stereocenters. The summed E-state index contributed by atoms with van der Waals surface area (Å²) in [5, 5.41) is 10.8. The largest absolute Gasteiger partial charge is 0.353 e. The van der Waals surface area contributed by atoms with E-state index in [2.05, 4.69) is 15.8 Å². The molecule has 0 saturated carbocycles. The van der Waals surface area contributed by atoms with Crippen molar-refractivity contribution < 1.29 is 4.79 Å². The molecule has 0 spiro atoms. The van der Waals surface area contributed by atoms with Crippen LogP contribution in [-0.4, -0.2) is 27.6 Å². The number of nitrogens with one attached hydrogen (secondary N) is 1. The summed E-state index contributed by atoms with van der Waals surface area (Å²) < 4.78 is 1.81. The Morgan fingerprint density at radius 1 is 1.61 bits per heavy atom. The maximum atomic E-state index is 11.3. The molecule has 2 aromatic heterocycles. The number of thiophene rings is 1. The number of hydrogen-bond acceptors (Lipinski definition) is 3. The first kappa shape index (κ1) is 13.1. The number of halogens is 1. The highest BCUT2D eigenvalue weighted by molar-refractivity contribution is 7.08. The van der Waals surface area contributed by atoms with Gasteiger partial charge in [0.15, 0.2) is 0 Å². The number of amides is 1. The number of hydrogen-bond donors (Lipinski definition) is 1. The Balaban J connectivity index is 1.86. The third-order valence-corrected chi connectivity index (χ3v) is 3.34. The van der Waals surface area contributed by atoms with E-state index in [1.165, 1.54) is 0 Å². The lowest BCUT2D eigenvalue weighted by Crippen LogP contribution is -2.32. The van der Waals surface area contributed by atoms with E-state index in [4.69, 9.17) is 11.6 Å². The lowest BCUT2D eigenvalue weighted by atomic mass is 10.2. The second kappa shape index (κ2) is 6.02. The third kappa shape index (κ3) is 3.34. The van der Waals surface area contributed by atoms with E-state index in [1.807, 2.05) is 28.4 Å². The van der Waals surface area contributed by atoms with E-state index >= 15 is 0 Å². The van der Waals surface area contributed by atoms with Crippen LogP contribution in [0, 0.1) is 0 Å². The zero-order valence-corrected chi connectivity index (χ0v) is 11.5. The van der Waals surface area contributed by atoms with Crippen molar-refractivity contribution in [3.63, 3.8) is 0 Å². The molecule has 0 aromatic carbocycles. The molecule has 0 saturated heterocycles. The van der Waals surface area contributed by atoms with Crippen LogP contribution < -0.4 is 5.32 Å². The molecular formula is C12H14ClN3OS. The molecule has 1 unspecified atom stereocenters. The fourth-order valence-corrected chi connectivity index (χ4v) is 2.21. The van der Waals surface area contributed by atoms with Crippen LogP contribution in [0.5, 0.6) is 0 Å². The second-order valence-corrected chi connectivity index (χ2v) is 5.32. The Morgan fingerprint density at radius 2 is 2.44 bits per heavy atom. The highest BCUT2D eigenvalue weighted by Gasteiger charge is 2.08. The average Bonchev–Trinajstić information content (AvgIpc) is 2.98. The monoisotopic (exact) mass is 283 g/mol. The summed E-state index contributed by atoms with van der Waals surface area (Å²) in [7, 11) is 0. The van der Waals surface area contributed by atoms with Crippen LogP contribution in [0.2, 0.25) is 0 Å². The lowest BCUT2D eigenvalue weighted by Gasteiger charge is -2.06. The van der Waals surface area contributed by atoms with Gasteiger partial charge in [-0.05, 0) is 24.4 Å². The molecule has 2 aromatic rings. The van der Waals surface area contributed by atoms with Gasteiger partial charge >= 0.3 is 0 Å². The Bertz CT molecular complexity index is 507. The molecule has 2 rings (SSSR count). The zero-order valence-electron chi connectivity index (χ0n) is 9.97. The van der Waals surface area contributed by atoms with Gasteiger partial charge in [-0.1, -0.05) is 0 Å². The number of aromatic nitrogens is 2. The van der Waals surface area contributed by atoms with E-state index in [-0.39, 0.29) is 5.91 Å². The van der Waals surface area contributed by atoms with Crippen LogP contribution in [-0.2, 0) is 11.3 Å². The highest BCUT2D eigenvalue weighted by atomic mass is 35.5. The van der Waals surface area contributed by atoms with Crippen molar-refractivity contribution in [2.24, 2.45) is 0 Å². The lowest BCUT2D eigenvalue weighted by molar-refractivity contribution is -0.120. The maximum absolute atomic E-state index is 11.3. The minimum Gasteiger partial charge on any atom is -0.353 e. The molecule has 1 amide bonds. The van der Waals surface area contributed by atoms with Crippen LogP contribution in [0.25, 0.3) is 11.3 Å². The molecule has 1 N–H and O–H groups in total. The summed E-state index contributed by atoms with van der Waals surface area (Å²) in [6, 6.07) is 4.00. The smallest absolute Gasteiger partial charge is 0.237 e. The van der Waals surface area contributed by atoms with Crippen molar-refractivity contribution in [1.29, 1.82) is 0 Å². The van der Waals surface area contributed by atoms with Crippen molar-refractivity contribution >= 4 is 28.8 Å². The molecule has 0 aliphatic rings. The molecule has 0 radical (unpaired) electrons. The fourth-order valence-electron chi connectivity index (χ4n) is 1.48. The maximum Gasteiger partial charge on any atom is 0.237 e. The second-order valence-electron chi connectivity index (χ2n) is 3.88. The topological polar surface area (TPSA) is 46.9 Å². The average molecular weight is 284 g/mol. The van der Waals surface area contributed by atoms with Gasteiger partial charge in [-0.3, -0.25) is 9.48 Å². The zero-order chi connectivity index (χ0) is 13.0. The van der Waals surface area contributed by atoms with E-state index in [9.17, 15) is 4.79 Å². The molecule has 6 heteroatoms. The minimum atomic E-state index is -0.496. The molecule has 18 heavy (non-hydrogen) atoms. The summed E-state index contributed by atoms with van der Waals surface area (Å²) in [6.45, 7) is 2.82. The Hall–Kier alpha value is -1.33. The number of carbonyl (C=O) groups is 1. The van der Waals surface area contributed by atoms with Crippen LogP contribution >= 0.6 is 22.9 Å². The predicted octanol–water partition coefficient (Wildman–Crippen LogP) is 2.36. The number of rotatable bonds is 5. The summed E-state index contributed by atoms with van der Waals surface area (Å²) in [5.41, 5.74) is 2.07. The molecule has 96 valence electrons. The quantitative estimate of drug-likeness (QED) is 0.856. The van der Waals surface area contributed by atoms with Gasteiger partial charge in [-0.2, -0.15) is 16.4 Å². The normalized spacial score (nSPS) is 12.3. The summed E-state index contributed by atoms with van der Waals surface area (Å²) >= 11 is 7.30. The predicted molar refractivity (Wildman–Crippen MR) is 73.9 cm³/mol. The first-order valence-electron chi connectivity index (χ1n) is 5.64. The van der Waals surface area contributed by atoms with Crippen LogP contribution in [0.1, 0.15) is 6.92 Å². The van der Waals surface area contributed by atoms with Crippen LogP contribution in [0.3, 0.4) is 0 Å². The van der Waals surface area contributed by atoms with Gasteiger partial charge in [-0.15, -0.1) is 11.6 Å². The van der Waals surface area contributed by atoms with Gasteiger partial charge in [0.05, 0.1) is 12.2 Å². The van der Waals surface area contributed by atoms with Crippen molar-refractivity contribution in [2.75, 3.05) is 6.54 Å². The van der Waals surface area contributed by atoms with Gasteiger partial charge < -0.3 is 5.32 Å². The molecule has 0 aliphatic heterocycles. The standard InChI is InChI=1S/C12H14ClN3OS/c1-9(13)12(17)14-4-6-16-5-2-11(15-16)10-3-7-18-8-10/h2-3,5,7-9H,4,6H2,1H3,(H,14,17). The van der Waals surface area contributed by atoms with Crippen molar-refractivity contribution in [2.45, 2.75) is 18.8 Å². The Kier molecular flexibility index (Phi) is 4.38. The summed E-state index contributed by atoms with van der Waals surface area (Å²) in [5.74, 6) is -0.151. The first-order chi connectivity index (χ1) is 8.66. The van der Waals surface area contributed by atoms with Crippen LogP contribution in [0.4, 0.5) is 0 Å². The summed E-state index contributed by atoms with van der Waals surface area (Å²) in [6.07, 6.45) is 1.91. The Morgan fingerprint density at radius 3 is 3.11 bits per heavy atom. The van der Waals surface area contributed by atoms with Crippen molar-refractivity contribution in [1.82, 2.24) is 15.1 Å². The number of carbonyl (C=O) groups excluding carboxylic acids is 1. The molecular weight excluding hydrogens is 270 g/mol. The van der Waals surface area contributed by atoms with Gasteiger partial charge in [-0.25, -0.2) is 0 Å². The van der Waals surface area contributed by atoms with E-state index < -0.39 is 5.38 Å². The first-order valence-corrected chi connectivity index (χ1v) is 7.02. The minimum absolute atomic E-state index is 0.151. The molecule has 0 fully saturated rings. The fraction of sp³-hybridized carbons (Fsp3) is 0.333. The van der Waals surface area contributed by atoms with Crippen molar-refractivity contribution in [3.8, 4) is 11.3 Å². The van der Waals surface area contributed by atoms with E-state index in [0.29, 0.717) is 13.1 Å². The van der Waals surface area contributed by atoms with Gasteiger partial charge in [0.25, 0.3) is 0 Å². The van der Waals surface area contributed by atoms with E-state index in [0.717, 1.165) is 11.3 Å². The van der Waals surface area contributed by atoms with Crippen molar-refractivity contribution in [3.05, 3.63) is 29.1 Å². The van der Waals surface area contributed by atoms with Gasteiger partial charge in [0, 0.05) is 23.7 Å². The SMILES string of the molecule is CC(Cl)C(=O)NCCn1ccc(-c2ccsc2)n1. The Labute approximate surface area is 115 Å². The third-order valence-electron chi connectivity index (χ3n) is 2.46. The molecule has 2 heterocycles. The molecule has 0 aliphatic carbocycles. The molecule has 4 nitrogen and oxygen atoms in total. The number of alkyl halides is 1. The summed E-state index contributed by atoms with van der Waals surface area (Å²) in [4.78, 5) is 11.3. The number of nitrogens with zero attached hydrogens (tertiary/aromatic N) is 2. The van der Waals surface area contributed by atoms with Gasteiger partial charge in [0.1, 0.15) is 5.38 Å².